The lowest BCUT2D eigenvalue weighted by atomic mass is 9.73. The molecule has 2 rings (SSSR count). The number of aromatic amines is 1. The minimum atomic E-state index is -0.786. The zero-order valence-electron chi connectivity index (χ0n) is 10.4. The largest absolute Gasteiger partial charge is 0.392 e. The van der Waals surface area contributed by atoms with E-state index in [1.165, 1.54) is 12.1 Å². The van der Waals surface area contributed by atoms with Crippen molar-refractivity contribution in [3.8, 4) is 0 Å². The van der Waals surface area contributed by atoms with Crippen LogP contribution in [0.15, 0.2) is 16.9 Å². The van der Waals surface area contributed by atoms with Gasteiger partial charge in [0, 0.05) is 6.07 Å². The van der Waals surface area contributed by atoms with Crippen molar-refractivity contribution in [2.75, 3.05) is 5.32 Å². The molecule has 1 fully saturated rings. The number of hydrogen-bond acceptors (Lipinski definition) is 4. The molecule has 1 amide bonds. The third-order valence-electron chi connectivity index (χ3n) is 3.53. The van der Waals surface area contributed by atoms with E-state index >= 15 is 0 Å². The zero-order valence-corrected chi connectivity index (χ0v) is 11.3. The third-order valence-corrected chi connectivity index (χ3v) is 3.92. The second-order valence-corrected chi connectivity index (χ2v) is 5.21. The van der Waals surface area contributed by atoms with Crippen LogP contribution in [-0.4, -0.2) is 21.1 Å². The number of H-pyrrole nitrogens is 1. The van der Waals surface area contributed by atoms with Crippen molar-refractivity contribution < 1.29 is 4.79 Å². The second-order valence-electron chi connectivity index (χ2n) is 4.77. The van der Waals surface area contributed by atoms with Gasteiger partial charge >= 0.3 is 0 Å². The molecule has 0 atom stereocenters. The normalized spacial score (nSPS) is 17.7. The minimum Gasteiger partial charge on any atom is -0.392 e. The van der Waals surface area contributed by atoms with E-state index in [4.69, 9.17) is 18.0 Å². The molecule has 0 aliphatic heterocycles. The predicted octanol–water partition coefficient (Wildman–Crippen LogP) is 0.945. The number of carbonyl (C=O) groups is 1. The van der Waals surface area contributed by atoms with Gasteiger partial charge in [-0.15, -0.1) is 0 Å². The quantitative estimate of drug-likeness (QED) is 0.715. The van der Waals surface area contributed by atoms with Crippen LogP contribution in [0.4, 0.5) is 5.82 Å². The van der Waals surface area contributed by atoms with Gasteiger partial charge in [-0.2, -0.15) is 5.10 Å². The average Bonchev–Trinajstić information content (AvgIpc) is 2.42. The van der Waals surface area contributed by atoms with E-state index in [2.05, 4.69) is 15.5 Å². The summed E-state index contributed by atoms with van der Waals surface area (Å²) in [5.41, 5.74) is 4.67. The number of nitrogens with two attached hydrogens (primary N) is 1. The van der Waals surface area contributed by atoms with Crippen molar-refractivity contribution in [1.82, 2.24) is 10.2 Å². The lowest BCUT2D eigenvalue weighted by Gasteiger charge is -2.34. The van der Waals surface area contributed by atoms with Crippen LogP contribution in [0.2, 0.25) is 0 Å². The molecule has 1 aliphatic rings. The predicted molar refractivity (Wildman–Crippen MR) is 75.8 cm³/mol. The zero-order chi connectivity index (χ0) is 13.9. The van der Waals surface area contributed by atoms with E-state index in [1.54, 1.807) is 0 Å². The smallest absolute Gasteiger partial charge is 0.264 e. The second kappa shape index (κ2) is 5.48. The first kappa shape index (κ1) is 13.7. The van der Waals surface area contributed by atoms with Gasteiger partial charge in [0.2, 0.25) is 5.91 Å². The molecule has 0 radical (unpaired) electrons. The molecule has 7 heteroatoms. The molecule has 1 saturated carbocycles. The Balaban J connectivity index is 2.18. The lowest BCUT2D eigenvalue weighted by Crippen LogP contribution is -2.47. The van der Waals surface area contributed by atoms with Gasteiger partial charge in [-0.3, -0.25) is 9.59 Å². The first-order chi connectivity index (χ1) is 9.04. The Hall–Kier alpha value is -1.76. The van der Waals surface area contributed by atoms with Crippen molar-refractivity contribution in [1.29, 1.82) is 0 Å². The van der Waals surface area contributed by atoms with Crippen LogP contribution in [0.3, 0.4) is 0 Å². The Labute approximate surface area is 115 Å². The standard InChI is InChI=1S/C12H16N4O2S/c13-10(19)12(6-2-1-3-7-12)11(18)14-8-4-5-9(17)16-15-8/h4-5H,1-3,6-7H2,(H2,13,19)(H,16,17)(H,14,15,18). The first-order valence-corrected chi connectivity index (χ1v) is 6.62. The van der Waals surface area contributed by atoms with Crippen molar-refractivity contribution in [3.63, 3.8) is 0 Å². The van der Waals surface area contributed by atoms with Crippen LogP contribution in [-0.2, 0) is 4.79 Å². The van der Waals surface area contributed by atoms with Crippen LogP contribution < -0.4 is 16.6 Å². The summed E-state index contributed by atoms with van der Waals surface area (Å²) in [7, 11) is 0. The molecule has 0 spiro atoms. The molecular formula is C12H16N4O2S. The molecule has 19 heavy (non-hydrogen) atoms. The van der Waals surface area contributed by atoms with Crippen molar-refractivity contribution in [2.45, 2.75) is 32.1 Å². The van der Waals surface area contributed by atoms with Gasteiger partial charge in [0.15, 0.2) is 5.82 Å². The molecule has 0 unspecified atom stereocenters. The van der Waals surface area contributed by atoms with Gasteiger partial charge in [0.25, 0.3) is 5.56 Å². The maximum absolute atomic E-state index is 12.4. The van der Waals surface area contributed by atoms with E-state index in [1.807, 2.05) is 0 Å². The summed E-state index contributed by atoms with van der Waals surface area (Å²) in [4.78, 5) is 23.5. The van der Waals surface area contributed by atoms with E-state index < -0.39 is 5.41 Å². The number of nitrogens with zero attached hydrogens (tertiary/aromatic N) is 1. The summed E-state index contributed by atoms with van der Waals surface area (Å²) in [5, 5.41) is 8.69. The Kier molecular flexibility index (Phi) is 3.94. The number of amides is 1. The highest BCUT2D eigenvalue weighted by molar-refractivity contribution is 7.80. The Bertz CT molecular complexity index is 528. The molecule has 4 N–H and O–H groups in total. The topological polar surface area (TPSA) is 101 Å². The van der Waals surface area contributed by atoms with Gasteiger partial charge in [-0.05, 0) is 18.9 Å². The van der Waals surface area contributed by atoms with Crippen molar-refractivity contribution in [3.05, 3.63) is 22.5 Å². The van der Waals surface area contributed by atoms with Crippen LogP contribution in [0, 0.1) is 5.41 Å². The highest BCUT2D eigenvalue weighted by Crippen LogP contribution is 2.37. The Morgan fingerprint density at radius 1 is 1.37 bits per heavy atom. The molecule has 0 saturated heterocycles. The van der Waals surface area contributed by atoms with Crippen LogP contribution in [0.1, 0.15) is 32.1 Å². The molecule has 1 heterocycles. The number of nitrogens with one attached hydrogen (secondary N) is 2. The van der Waals surface area contributed by atoms with Gasteiger partial charge < -0.3 is 11.1 Å². The van der Waals surface area contributed by atoms with Gasteiger partial charge in [-0.1, -0.05) is 31.5 Å². The third kappa shape index (κ3) is 2.81. The molecule has 1 aliphatic carbocycles. The highest BCUT2D eigenvalue weighted by atomic mass is 32.1. The summed E-state index contributed by atoms with van der Waals surface area (Å²) in [6.07, 6.45) is 4.29. The fourth-order valence-electron chi connectivity index (χ4n) is 2.39. The lowest BCUT2D eigenvalue weighted by molar-refractivity contribution is -0.123. The first-order valence-electron chi connectivity index (χ1n) is 6.22. The van der Waals surface area contributed by atoms with E-state index in [0.29, 0.717) is 18.7 Å². The number of hydrogen-bond donors (Lipinski definition) is 3. The van der Waals surface area contributed by atoms with Crippen molar-refractivity contribution in [2.24, 2.45) is 11.1 Å². The van der Waals surface area contributed by atoms with Gasteiger partial charge in [0.1, 0.15) is 0 Å². The molecule has 6 nitrogen and oxygen atoms in total. The highest BCUT2D eigenvalue weighted by Gasteiger charge is 2.42. The minimum absolute atomic E-state index is 0.231. The molecule has 1 aromatic rings. The number of anilines is 1. The Morgan fingerprint density at radius 3 is 2.58 bits per heavy atom. The van der Waals surface area contributed by atoms with Crippen LogP contribution in [0.5, 0.6) is 0 Å². The number of thiocarbonyl (C=S) groups is 1. The fraction of sp³-hybridized carbons (Fsp3) is 0.500. The summed E-state index contributed by atoms with van der Waals surface area (Å²) >= 11 is 5.08. The molecule has 1 aromatic heterocycles. The van der Waals surface area contributed by atoms with Crippen molar-refractivity contribution >= 4 is 28.9 Å². The number of rotatable bonds is 3. The SMILES string of the molecule is NC(=S)C1(C(=O)Nc2ccc(=O)[nH]n2)CCCCC1. The maximum Gasteiger partial charge on any atom is 0.264 e. The Morgan fingerprint density at radius 2 is 2.05 bits per heavy atom. The van der Waals surface area contributed by atoms with E-state index in [-0.39, 0.29) is 16.5 Å². The fourth-order valence-corrected chi connectivity index (χ4v) is 2.69. The summed E-state index contributed by atoms with van der Waals surface area (Å²) in [6.45, 7) is 0. The van der Waals surface area contributed by atoms with E-state index in [9.17, 15) is 9.59 Å². The van der Waals surface area contributed by atoms with Gasteiger partial charge in [0.05, 0.1) is 10.4 Å². The maximum atomic E-state index is 12.4. The number of carbonyl (C=O) groups excluding carboxylic acids is 1. The molecule has 0 aromatic carbocycles. The average molecular weight is 280 g/mol. The summed E-state index contributed by atoms with van der Waals surface area (Å²) in [6, 6.07) is 2.75. The molecule has 0 bridgehead atoms. The molecular weight excluding hydrogens is 264 g/mol. The molecule has 102 valence electrons. The van der Waals surface area contributed by atoms with Crippen LogP contribution in [0.25, 0.3) is 0 Å². The monoisotopic (exact) mass is 280 g/mol. The summed E-state index contributed by atoms with van der Waals surface area (Å²) in [5.74, 6) is 0.0602. The van der Waals surface area contributed by atoms with Crippen LogP contribution >= 0.6 is 12.2 Å². The summed E-state index contributed by atoms with van der Waals surface area (Å²) < 4.78 is 0. The van der Waals surface area contributed by atoms with Gasteiger partial charge in [-0.25, -0.2) is 5.10 Å². The number of aromatic nitrogens is 2. The van der Waals surface area contributed by atoms with E-state index in [0.717, 1.165) is 19.3 Å².